The molecule has 2 nitrogen and oxygen atoms in total. The van der Waals surface area contributed by atoms with Crippen molar-refractivity contribution in [1.29, 1.82) is 0 Å². The van der Waals surface area contributed by atoms with Crippen LogP contribution < -0.4 is 11.3 Å². The third kappa shape index (κ3) is 1.71. The Bertz CT molecular complexity index is 270. The summed E-state index contributed by atoms with van der Waals surface area (Å²) in [6.07, 6.45) is 2.62. The third-order valence-corrected chi connectivity index (χ3v) is 3.94. The average Bonchev–Trinajstić information content (AvgIpc) is 2.78. The summed E-state index contributed by atoms with van der Waals surface area (Å²) in [7, 11) is 0. The molecule has 2 rings (SSSR count). The minimum Gasteiger partial charge on any atom is -0.271 e. The van der Waals surface area contributed by atoms with Crippen LogP contribution in [0.15, 0.2) is 15.9 Å². The summed E-state index contributed by atoms with van der Waals surface area (Å²) >= 11 is 5.20. The maximum atomic E-state index is 5.50. The molecule has 0 radical (unpaired) electrons. The van der Waals surface area contributed by atoms with E-state index in [9.17, 15) is 0 Å². The molecule has 0 aromatic carbocycles. The van der Waals surface area contributed by atoms with Gasteiger partial charge in [0.1, 0.15) is 0 Å². The van der Waals surface area contributed by atoms with Gasteiger partial charge in [-0.05, 0) is 40.8 Å². The molecule has 1 fully saturated rings. The Morgan fingerprint density at radius 2 is 2.42 bits per heavy atom. The van der Waals surface area contributed by atoms with Gasteiger partial charge in [-0.3, -0.25) is 11.3 Å². The van der Waals surface area contributed by atoms with Crippen molar-refractivity contribution < 1.29 is 0 Å². The lowest BCUT2D eigenvalue weighted by Gasteiger charge is -2.11. The summed E-state index contributed by atoms with van der Waals surface area (Å²) in [6, 6.07) is 2.52. The largest absolute Gasteiger partial charge is 0.271 e. The first-order chi connectivity index (χ1) is 5.81. The highest BCUT2D eigenvalue weighted by molar-refractivity contribution is 9.10. The Balaban J connectivity index is 2.15. The van der Waals surface area contributed by atoms with Crippen molar-refractivity contribution >= 4 is 27.3 Å². The Morgan fingerprint density at radius 1 is 1.67 bits per heavy atom. The second kappa shape index (κ2) is 3.46. The van der Waals surface area contributed by atoms with Crippen LogP contribution in [0, 0.1) is 5.92 Å². The van der Waals surface area contributed by atoms with Crippen LogP contribution in [0.3, 0.4) is 0 Å². The molecule has 0 aliphatic heterocycles. The molecule has 1 aliphatic carbocycles. The molecule has 3 N–H and O–H groups in total. The maximum absolute atomic E-state index is 5.50. The first-order valence-corrected chi connectivity index (χ1v) is 5.68. The van der Waals surface area contributed by atoms with Crippen molar-refractivity contribution in [1.82, 2.24) is 5.43 Å². The van der Waals surface area contributed by atoms with E-state index in [1.54, 1.807) is 11.3 Å². The molecule has 1 aromatic rings. The van der Waals surface area contributed by atoms with Gasteiger partial charge >= 0.3 is 0 Å². The summed E-state index contributed by atoms with van der Waals surface area (Å²) in [6.45, 7) is 0. The van der Waals surface area contributed by atoms with E-state index in [4.69, 9.17) is 5.84 Å². The minimum atomic E-state index is 0.376. The number of hydrogen-bond acceptors (Lipinski definition) is 3. The first kappa shape index (κ1) is 8.69. The second-order valence-corrected chi connectivity index (χ2v) is 5.01. The number of thiophene rings is 1. The number of hydrogen-bond donors (Lipinski definition) is 2. The number of halogens is 1. The molecule has 0 saturated heterocycles. The van der Waals surface area contributed by atoms with Gasteiger partial charge in [0.15, 0.2) is 0 Å². The van der Waals surface area contributed by atoms with Crippen molar-refractivity contribution in [3.8, 4) is 0 Å². The maximum Gasteiger partial charge on any atom is 0.0581 e. The molecule has 1 unspecified atom stereocenters. The number of nitrogens with one attached hydrogen (secondary N) is 1. The molecule has 0 bridgehead atoms. The average molecular weight is 247 g/mol. The molecular weight excluding hydrogens is 236 g/mol. The van der Waals surface area contributed by atoms with Crippen LogP contribution in [-0.2, 0) is 0 Å². The van der Waals surface area contributed by atoms with Crippen LogP contribution in [0.4, 0.5) is 0 Å². The molecule has 1 atom stereocenters. The quantitative estimate of drug-likeness (QED) is 0.636. The fraction of sp³-hybridized carbons (Fsp3) is 0.500. The van der Waals surface area contributed by atoms with Crippen LogP contribution in [0.1, 0.15) is 23.8 Å². The van der Waals surface area contributed by atoms with Gasteiger partial charge < -0.3 is 0 Å². The standard InChI is InChI=1S/C8H11BrN2S/c9-6-3-7(12-4-6)8(11-10)5-1-2-5/h3-5,8,11H,1-2,10H2. The molecule has 0 spiro atoms. The molecule has 1 saturated carbocycles. The highest BCUT2D eigenvalue weighted by Crippen LogP contribution is 2.42. The molecule has 1 heterocycles. The zero-order chi connectivity index (χ0) is 8.55. The van der Waals surface area contributed by atoms with E-state index in [1.807, 2.05) is 0 Å². The van der Waals surface area contributed by atoms with Gasteiger partial charge in [0, 0.05) is 14.7 Å². The van der Waals surface area contributed by atoms with E-state index in [2.05, 4.69) is 32.8 Å². The van der Waals surface area contributed by atoms with Gasteiger partial charge in [-0.2, -0.15) is 0 Å². The van der Waals surface area contributed by atoms with Crippen LogP contribution in [0.2, 0.25) is 0 Å². The van der Waals surface area contributed by atoms with Gasteiger partial charge in [-0.25, -0.2) is 0 Å². The zero-order valence-corrected chi connectivity index (χ0v) is 8.99. The van der Waals surface area contributed by atoms with E-state index < -0.39 is 0 Å². The fourth-order valence-corrected chi connectivity index (χ4v) is 2.97. The Labute approximate surface area is 84.3 Å². The van der Waals surface area contributed by atoms with Gasteiger partial charge in [0.25, 0.3) is 0 Å². The van der Waals surface area contributed by atoms with Crippen molar-refractivity contribution in [3.05, 3.63) is 20.8 Å². The molecular formula is C8H11BrN2S. The Morgan fingerprint density at radius 3 is 2.83 bits per heavy atom. The van der Waals surface area contributed by atoms with Crippen molar-refractivity contribution in [3.63, 3.8) is 0 Å². The van der Waals surface area contributed by atoms with Gasteiger partial charge in [-0.15, -0.1) is 11.3 Å². The first-order valence-electron chi connectivity index (χ1n) is 4.01. The highest BCUT2D eigenvalue weighted by Gasteiger charge is 2.32. The van der Waals surface area contributed by atoms with E-state index in [-0.39, 0.29) is 0 Å². The van der Waals surface area contributed by atoms with Crippen molar-refractivity contribution in [2.24, 2.45) is 11.8 Å². The molecule has 12 heavy (non-hydrogen) atoms. The summed E-state index contributed by atoms with van der Waals surface area (Å²) in [5.74, 6) is 6.26. The van der Waals surface area contributed by atoms with Crippen LogP contribution in [0.5, 0.6) is 0 Å². The monoisotopic (exact) mass is 246 g/mol. The predicted molar refractivity (Wildman–Crippen MR) is 54.8 cm³/mol. The fourth-order valence-electron chi connectivity index (χ4n) is 1.37. The number of hydrazine groups is 1. The van der Waals surface area contributed by atoms with E-state index in [1.165, 1.54) is 17.7 Å². The summed E-state index contributed by atoms with van der Waals surface area (Å²) in [4.78, 5) is 1.34. The molecule has 1 aliphatic rings. The predicted octanol–water partition coefficient (Wildman–Crippen LogP) is 2.43. The highest BCUT2D eigenvalue weighted by atomic mass is 79.9. The van der Waals surface area contributed by atoms with E-state index >= 15 is 0 Å². The van der Waals surface area contributed by atoms with Gasteiger partial charge in [0.05, 0.1) is 6.04 Å². The second-order valence-electron chi connectivity index (χ2n) is 3.15. The van der Waals surface area contributed by atoms with Crippen LogP contribution in [0.25, 0.3) is 0 Å². The van der Waals surface area contributed by atoms with Crippen LogP contribution in [-0.4, -0.2) is 0 Å². The molecule has 1 aromatic heterocycles. The molecule has 0 amide bonds. The third-order valence-electron chi connectivity index (χ3n) is 2.17. The SMILES string of the molecule is NNC(c1cc(Br)cs1)C1CC1. The van der Waals surface area contributed by atoms with E-state index in [0.29, 0.717) is 6.04 Å². The Hall–Kier alpha value is 0.1000. The van der Waals surface area contributed by atoms with Gasteiger partial charge in [0.2, 0.25) is 0 Å². The lowest BCUT2D eigenvalue weighted by Crippen LogP contribution is -2.28. The van der Waals surface area contributed by atoms with Crippen molar-refractivity contribution in [2.75, 3.05) is 0 Å². The zero-order valence-electron chi connectivity index (χ0n) is 6.59. The topological polar surface area (TPSA) is 38.0 Å². The summed E-state index contributed by atoms with van der Waals surface area (Å²) in [5, 5.41) is 2.10. The lowest BCUT2D eigenvalue weighted by molar-refractivity contribution is 0.504. The van der Waals surface area contributed by atoms with Crippen LogP contribution >= 0.6 is 27.3 Å². The Kier molecular flexibility index (Phi) is 2.50. The van der Waals surface area contributed by atoms with Gasteiger partial charge in [-0.1, -0.05) is 0 Å². The lowest BCUT2D eigenvalue weighted by atomic mass is 10.1. The number of nitrogens with two attached hydrogens (primary N) is 1. The smallest absolute Gasteiger partial charge is 0.0581 e. The van der Waals surface area contributed by atoms with E-state index in [0.717, 1.165) is 10.4 Å². The normalized spacial score (nSPS) is 19.5. The number of rotatable bonds is 3. The summed E-state index contributed by atoms with van der Waals surface area (Å²) < 4.78 is 1.16. The molecule has 4 heteroatoms. The van der Waals surface area contributed by atoms with Crippen molar-refractivity contribution in [2.45, 2.75) is 18.9 Å². The summed E-state index contributed by atoms with van der Waals surface area (Å²) in [5.41, 5.74) is 2.88. The minimum absolute atomic E-state index is 0.376. The molecule has 66 valence electrons.